The molecule has 0 bridgehead atoms. The molecule has 1 aromatic carbocycles. The van der Waals surface area contributed by atoms with Crippen molar-refractivity contribution in [3.8, 4) is 5.75 Å². The Labute approximate surface area is 125 Å². The Morgan fingerprint density at radius 3 is 2.35 bits per heavy atom. The summed E-state index contributed by atoms with van der Waals surface area (Å²) in [5, 5.41) is 0. The van der Waals surface area contributed by atoms with Gasteiger partial charge in [0.05, 0.1) is 19.0 Å². The lowest BCUT2D eigenvalue weighted by molar-refractivity contribution is 0.110. The van der Waals surface area contributed by atoms with Gasteiger partial charge >= 0.3 is 0 Å². The van der Waals surface area contributed by atoms with E-state index in [-0.39, 0.29) is 17.8 Å². The SMILES string of the molecule is CC(C)(C)c1ccccc1OCCOCCS(=O)(=O)Cl. The first-order chi connectivity index (χ1) is 9.20. The zero-order valence-corrected chi connectivity index (χ0v) is 13.6. The van der Waals surface area contributed by atoms with Crippen LogP contribution in [0.25, 0.3) is 0 Å². The third-order valence-electron chi connectivity index (χ3n) is 2.65. The van der Waals surface area contributed by atoms with Crippen LogP contribution < -0.4 is 4.74 Å². The number of rotatable bonds is 7. The summed E-state index contributed by atoms with van der Waals surface area (Å²) in [6, 6.07) is 7.86. The second-order valence-electron chi connectivity index (χ2n) is 5.45. The van der Waals surface area contributed by atoms with Crippen LogP contribution in [0.15, 0.2) is 24.3 Å². The van der Waals surface area contributed by atoms with Crippen molar-refractivity contribution >= 4 is 19.7 Å². The van der Waals surface area contributed by atoms with Crippen molar-refractivity contribution in [2.45, 2.75) is 26.2 Å². The Bertz CT molecular complexity index is 520. The lowest BCUT2D eigenvalue weighted by atomic mass is 9.86. The van der Waals surface area contributed by atoms with E-state index in [1.807, 2.05) is 24.3 Å². The Kier molecular flexibility index (Phi) is 6.30. The Morgan fingerprint density at radius 2 is 1.75 bits per heavy atom. The van der Waals surface area contributed by atoms with Crippen LogP contribution in [0.5, 0.6) is 5.75 Å². The second kappa shape index (κ2) is 7.29. The monoisotopic (exact) mass is 320 g/mol. The number of ether oxygens (including phenoxy) is 2. The maximum Gasteiger partial charge on any atom is 0.234 e. The van der Waals surface area contributed by atoms with E-state index in [9.17, 15) is 8.42 Å². The van der Waals surface area contributed by atoms with Crippen LogP contribution in [0.4, 0.5) is 0 Å². The number of hydrogen-bond acceptors (Lipinski definition) is 4. The van der Waals surface area contributed by atoms with E-state index in [1.54, 1.807) is 0 Å². The molecule has 0 aliphatic rings. The maximum absolute atomic E-state index is 10.7. The van der Waals surface area contributed by atoms with E-state index in [1.165, 1.54) is 0 Å². The Morgan fingerprint density at radius 1 is 1.10 bits per heavy atom. The number of para-hydroxylation sites is 1. The van der Waals surface area contributed by atoms with E-state index in [4.69, 9.17) is 20.2 Å². The van der Waals surface area contributed by atoms with Gasteiger partial charge in [0.25, 0.3) is 0 Å². The summed E-state index contributed by atoms with van der Waals surface area (Å²) >= 11 is 0. The molecule has 0 saturated heterocycles. The molecule has 0 saturated carbocycles. The predicted molar refractivity (Wildman–Crippen MR) is 81.1 cm³/mol. The highest BCUT2D eigenvalue weighted by atomic mass is 35.7. The third-order valence-corrected chi connectivity index (χ3v) is 3.77. The van der Waals surface area contributed by atoms with Crippen LogP contribution in [0.1, 0.15) is 26.3 Å². The largest absolute Gasteiger partial charge is 0.491 e. The van der Waals surface area contributed by atoms with Crippen molar-refractivity contribution in [3.05, 3.63) is 29.8 Å². The molecule has 1 aromatic rings. The standard InChI is InChI=1S/C14H21ClO4S/c1-14(2,3)12-6-4-5-7-13(12)19-9-8-18-10-11-20(15,16)17/h4-7H,8-11H2,1-3H3. The van der Waals surface area contributed by atoms with Gasteiger partial charge in [-0.15, -0.1) is 0 Å². The molecule has 0 N–H and O–H groups in total. The average molecular weight is 321 g/mol. The van der Waals surface area contributed by atoms with Gasteiger partial charge in [-0.1, -0.05) is 39.0 Å². The fourth-order valence-electron chi connectivity index (χ4n) is 1.68. The molecule has 4 nitrogen and oxygen atoms in total. The van der Waals surface area contributed by atoms with Crippen molar-refractivity contribution in [2.24, 2.45) is 0 Å². The molecule has 1 rings (SSSR count). The van der Waals surface area contributed by atoms with Gasteiger partial charge in [0, 0.05) is 10.7 Å². The molecule has 0 spiro atoms. The molecule has 0 fully saturated rings. The quantitative estimate of drug-likeness (QED) is 0.572. The van der Waals surface area contributed by atoms with Crippen molar-refractivity contribution in [1.82, 2.24) is 0 Å². The predicted octanol–water partition coefficient (Wildman–Crippen LogP) is 2.95. The Hall–Kier alpha value is -0.780. The summed E-state index contributed by atoms with van der Waals surface area (Å²) in [6.45, 7) is 7.14. The summed E-state index contributed by atoms with van der Waals surface area (Å²) < 4.78 is 32.2. The van der Waals surface area contributed by atoms with Crippen LogP contribution in [0, 0.1) is 0 Å². The topological polar surface area (TPSA) is 52.6 Å². The fraction of sp³-hybridized carbons (Fsp3) is 0.571. The summed E-state index contributed by atoms with van der Waals surface area (Å²) in [5.41, 5.74) is 1.13. The van der Waals surface area contributed by atoms with Crippen molar-refractivity contribution in [1.29, 1.82) is 0 Å². The highest BCUT2D eigenvalue weighted by Gasteiger charge is 2.18. The number of halogens is 1. The molecule has 114 valence electrons. The summed E-state index contributed by atoms with van der Waals surface area (Å²) in [7, 11) is 1.59. The molecule has 0 unspecified atom stereocenters. The van der Waals surface area contributed by atoms with Crippen molar-refractivity contribution in [3.63, 3.8) is 0 Å². The van der Waals surface area contributed by atoms with E-state index < -0.39 is 9.05 Å². The van der Waals surface area contributed by atoms with Crippen molar-refractivity contribution in [2.75, 3.05) is 25.6 Å². The molecule has 0 radical (unpaired) electrons. The lowest BCUT2D eigenvalue weighted by Gasteiger charge is -2.22. The van der Waals surface area contributed by atoms with E-state index in [0.29, 0.717) is 13.2 Å². The molecule has 0 aromatic heterocycles. The number of benzene rings is 1. The van der Waals surface area contributed by atoms with E-state index in [0.717, 1.165) is 11.3 Å². The first-order valence-electron chi connectivity index (χ1n) is 6.42. The molecular weight excluding hydrogens is 300 g/mol. The van der Waals surface area contributed by atoms with Crippen LogP contribution in [-0.2, 0) is 19.2 Å². The smallest absolute Gasteiger partial charge is 0.234 e. The maximum atomic E-state index is 10.7. The summed E-state index contributed by atoms with van der Waals surface area (Å²) in [6.07, 6.45) is 0. The molecule has 0 amide bonds. The van der Waals surface area contributed by atoms with Gasteiger partial charge in [0.15, 0.2) is 0 Å². The van der Waals surface area contributed by atoms with E-state index in [2.05, 4.69) is 20.8 Å². The minimum atomic E-state index is -3.48. The fourth-order valence-corrected chi connectivity index (χ4v) is 2.19. The van der Waals surface area contributed by atoms with Crippen LogP contribution in [0.2, 0.25) is 0 Å². The van der Waals surface area contributed by atoms with Gasteiger partial charge in [0.1, 0.15) is 12.4 Å². The molecule has 0 heterocycles. The average Bonchev–Trinajstić information content (AvgIpc) is 2.31. The van der Waals surface area contributed by atoms with Gasteiger partial charge in [-0.2, -0.15) is 0 Å². The van der Waals surface area contributed by atoms with Gasteiger partial charge in [0.2, 0.25) is 9.05 Å². The normalized spacial score (nSPS) is 12.4. The molecule has 20 heavy (non-hydrogen) atoms. The zero-order chi connectivity index (χ0) is 15.2. The van der Waals surface area contributed by atoms with Crippen LogP contribution >= 0.6 is 10.7 Å². The van der Waals surface area contributed by atoms with Gasteiger partial charge in [-0.25, -0.2) is 8.42 Å². The lowest BCUT2D eigenvalue weighted by Crippen LogP contribution is -2.16. The van der Waals surface area contributed by atoms with Gasteiger partial charge in [-0.3, -0.25) is 0 Å². The highest BCUT2D eigenvalue weighted by Crippen LogP contribution is 2.30. The first kappa shape index (κ1) is 17.3. The minimum Gasteiger partial charge on any atom is -0.491 e. The third kappa shape index (κ3) is 6.59. The highest BCUT2D eigenvalue weighted by molar-refractivity contribution is 8.13. The van der Waals surface area contributed by atoms with Crippen LogP contribution in [0.3, 0.4) is 0 Å². The minimum absolute atomic E-state index is 0.00412. The Balaban J connectivity index is 2.40. The zero-order valence-electron chi connectivity index (χ0n) is 12.1. The second-order valence-corrected chi connectivity index (χ2v) is 8.35. The molecule has 0 aliphatic heterocycles. The molecular formula is C14H21ClO4S. The van der Waals surface area contributed by atoms with Gasteiger partial charge < -0.3 is 9.47 Å². The van der Waals surface area contributed by atoms with Crippen LogP contribution in [-0.4, -0.2) is 34.0 Å². The molecule has 0 atom stereocenters. The van der Waals surface area contributed by atoms with E-state index >= 15 is 0 Å². The number of hydrogen-bond donors (Lipinski definition) is 0. The molecule has 6 heteroatoms. The summed E-state index contributed by atoms with van der Waals surface area (Å²) in [5.74, 6) is 0.640. The molecule has 0 aliphatic carbocycles. The first-order valence-corrected chi connectivity index (χ1v) is 8.90. The summed E-state index contributed by atoms with van der Waals surface area (Å²) in [4.78, 5) is 0. The van der Waals surface area contributed by atoms with Crippen molar-refractivity contribution < 1.29 is 17.9 Å². The van der Waals surface area contributed by atoms with Gasteiger partial charge in [-0.05, 0) is 17.0 Å².